The standard InChI is InChI=1S/C21H27NO4/c1-22(2)12-5-13-26-19-7-4-6-16(14-19)15-20(21(23)24)17-8-10-18(25-3)11-9-17/h4,6-11,14,20H,5,12-13,15H2,1-3H3,(H,23,24). The molecule has 2 rings (SSSR count). The number of ether oxygens (including phenoxy) is 2. The van der Waals surface area contributed by atoms with Crippen molar-refractivity contribution in [3.05, 3.63) is 59.7 Å². The molecule has 0 radical (unpaired) electrons. The fourth-order valence-electron chi connectivity index (χ4n) is 2.75. The summed E-state index contributed by atoms with van der Waals surface area (Å²) >= 11 is 0. The van der Waals surface area contributed by atoms with Crippen molar-refractivity contribution in [1.82, 2.24) is 4.90 Å². The summed E-state index contributed by atoms with van der Waals surface area (Å²) in [5.41, 5.74) is 1.70. The van der Waals surface area contributed by atoms with E-state index in [0.717, 1.165) is 29.8 Å². The Hall–Kier alpha value is -2.53. The Bertz CT molecular complexity index is 697. The molecule has 2 aromatic carbocycles. The van der Waals surface area contributed by atoms with Gasteiger partial charge in [-0.3, -0.25) is 4.79 Å². The number of benzene rings is 2. The zero-order chi connectivity index (χ0) is 18.9. The second kappa shape index (κ2) is 9.82. The topological polar surface area (TPSA) is 59.0 Å². The maximum atomic E-state index is 11.8. The van der Waals surface area contributed by atoms with Gasteiger partial charge in [-0.25, -0.2) is 0 Å². The Morgan fingerprint density at radius 2 is 1.85 bits per heavy atom. The third-order valence-electron chi connectivity index (χ3n) is 4.17. The van der Waals surface area contributed by atoms with Crippen molar-refractivity contribution in [3.8, 4) is 11.5 Å². The quantitative estimate of drug-likeness (QED) is 0.660. The molecular formula is C21H27NO4. The van der Waals surface area contributed by atoms with E-state index in [0.29, 0.717) is 18.8 Å². The third-order valence-corrected chi connectivity index (χ3v) is 4.17. The number of rotatable bonds is 10. The molecule has 0 heterocycles. The van der Waals surface area contributed by atoms with Crippen molar-refractivity contribution >= 4 is 5.97 Å². The largest absolute Gasteiger partial charge is 0.497 e. The first-order chi connectivity index (χ1) is 12.5. The normalized spacial score (nSPS) is 12.0. The molecule has 140 valence electrons. The highest BCUT2D eigenvalue weighted by Gasteiger charge is 2.20. The Morgan fingerprint density at radius 1 is 1.12 bits per heavy atom. The molecule has 1 unspecified atom stereocenters. The molecule has 1 atom stereocenters. The van der Waals surface area contributed by atoms with Crippen molar-refractivity contribution < 1.29 is 19.4 Å². The molecule has 0 bridgehead atoms. The number of hydrogen-bond acceptors (Lipinski definition) is 4. The first-order valence-corrected chi connectivity index (χ1v) is 8.73. The molecule has 0 aliphatic heterocycles. The molecule has 0 aliphatic carbocycles. The van der Waals surface area contributed by atoms with E-state index >= 15 is 0 Å². The van der Waals surface area contributed by atoms with Crippen molar-refractivity contribution in [2.24, 2.45) is 0 Å². The SMILES string of the molecule is COc1ccc(C(Cc2cccc(OCCCN(C)C)c2)C(=O)O)cc1. The minimum atomic E-state index is -0.840. The second-order valence-electron chi connectivity index (χ2n) is 6.52. The summed E-state index contributed by atoms with van der Waals surface area (Å²) < 4.78 is 10.9. The summed E-state index contributed by atoms with van der Waals surface area (Å²) in [6.07, 6.45) is 1.36. The van der Waals surface area contributed by atoms with Crippen LogP contribution in [0.1, 0.15) is 23.5 Å². The molecule has 5 nitrogen and oxygen atoms in total. The monoisotopic (exact) mass is 357 g/mol. The molecule has 0 aromatic heterocycles. The van der Waals surface area contributed by atoms with Gasteiger partial charge in [-0.15, -0.1) is 0 Å². The van der Waals surface area contributed by atoms with Crippen molar-refractivity contribution in [2.45, 2.75) is 18.8 Å². The summed E-state index contributed by atoms with van der Waals surface area (Å²) in [5, 5.41) is 9.64. The zero-order valence-corrected chi connectivity index (χ0v) is 15.6. The van der Waals surface area contributed by atoms with Crippen LogP contribution in [0.2, 0.25) is 0 Å². The van der Waals surface area contributed by atoms with Crippen LogP contribution in [-0.2, 0) is 11.2 Å². The fraction of sp³-hybridized carbons (Fsp3) is 0.381. The molecular weight excluding hydrogens is 330 g/mol. The Balaban J connectivity index is 2.03. The van der Waals surface area contributed by atoms with Crippen LogP contribution in [0, 0.1) is 0 Å². The third kappa shape index (κ3) is 6.08. The summed E-state index contributed by atoms with van der Waals surface area (Å²) in [6, 6.07) is 14.9. The first kappa shape index (κ1) is 19.8. The van der Waals surface area contributed by atoms with Gasteiger partial charge in [-0.2, -0.15) is 0 Å². The van der Waals surface area contributed by atoms with E-state index in [1.54, 1.807) is 31.4 Å². The van der Waals surface area contributed by atoms with Gasteiger partial charge in [0.25, 0.3) is 0 Å². The molecule has 5 heteroatoms. The number of hydrogen-bond donors (Lipinski definition) is 1. The van der Waals surface area contributed by atoms with E-state index in [2.05, 4.69) is 4.90 Å². The van der Waals surface area contributed by atoms with Gasteiger partial charge in [-0.05, 0) is 62.3 Å². The van der Waals surface area contributed by atoms with Crippen molar-refractivity contribution in [3.63, 3.8) is 0 Å². The molecule has 0 amide bonds. The highest BCUT2D eigenvalue weighted by molar-refractivity contribution is 5.76. The summed E-state index contributed by atoms with van der Waals surface area (Å²) in [4.78, 5) is 13.9. The number of aliphatic carboxylic acids is 1. The predicted molar refractivity (Wildman–Crippen MR) is 102 cm³/mol. The van der Waals surface area contributed by atoms with Gasteiger partial charge in [0.05, 0.1) is 19.6 Å². The minimum Gasteiger partial charge on any atom is -0.497 e. The highest BCUT2D eigenvalue weighted by atomic mass is 16.5. The van der Waals surface area contributed by atoms with Gasteiger partial charge < -0.3 is 19.5 Å². The molecule has 26 heavy (non-hydrogen) atoms. The van der Waals surface area contributed by atoms with Crippen LogP contribution in [0.3, 0.4) is 0 Å². The number of methoxy groups -OCH3 is 1. The number of carboxylic acid groups (broad SMARTS) is 1. The first-order valence-electron chi connectivity index (χ1n) is 8.73. The van der Waals surface area contributed by atoms with Crippen LogP contribution in [0.25, 0.3) is 0 Å². The van der Waals surface area contributed by atoms with E-state index < -0.39 is 11.9 Å². The molecule has 1 N–H and O–H groups in total. The second-order valence-corrected chi connectivity index (χ2v) is 6.52. The van der Waals surface area contributed by atoms with E-state index in [4.69, 9.17) is 9.47 Å². The lowest BCUT2D eigenvalue weighted by Crippen LogP contribution is -2.16. The van der Waals surface area contributed by atoms with Crippen LogP contribution in [-0.4, -0.2) is 50.3 Å². The van der Waals surface area contributed by atoms with Gasteiger partial charge in [0.1, 0.15) is 11.5 Å². The van der Waals surface area contributed by atoms with Crippen LogP contribution >= 0.6 is 0 Å². The lowest BCUT2D eigenvalue weighted by molar-refractivity contribution is -0.138. The Labute approximate surface area is 155 Å². The summed E-state index contributed by atoms with van der Waals surface area (Å²) in [7, 11) is 5.66. The molecule has 0 fully saturated rings. The maximum absolute atomic E-state index is 11.8. The van der Waals surface area contributed by atoms with Crippen LogP contribution in [0.15, 0.2) is 48.5 Å². The van der Waals surface area contributed by atoms with E-state index in [1.165, 1.54) is 0 Å². The van der Waals surface area contributed by atoms with Gasteiger partial charge in [0.2, 0.25) is 0 Å². The van der Waals surface area contributed by atoms with E-state index in [-0.39, 0.29) is 0 Å². The van der Waals surface area contributed by atoms with Gasteiger partial charge >= 0.3 is 5.97 Å². The zero-order valence-electron chi connectivity index (χ0n) is 15.6. The Morgan fingerprint density at radius 3 is 2.46 bits per heavy atom. The fourth-order valence-corrected chi connectivity index (χ4v) is 2.75. The maximum Gasteiger partial charge on any atom is 0.311 e. The van der Waals surface area contributed by atoms with Gasteiger partial charge in [-0.1, -0.05) is 24.3 Å². The predicted octanol–water partition coefficient (Wildman–Crippen LogP) is 3.44. The molecule has 0 saturated carbocycles. The van der Waals surface area contributed by atoms with Crippen LogP contribution in [0.4, 0.5) is 0 Å². The molecule has 0 spiro atoms. The minimum absolute atomic E-state index is 0.413. The lowest BCUT2D eigenvalue weighted by Gasteiger charge is -2.15. The molecule has 2 aromatic rings. The van der Waals surface area contributed by atoms with Crippen LogP contribution in [0.5, 0.6) is 11.5 Å². The van der Waals surface area contributed by atoms with Gasteiger partial charge in [0, 0.05) is 6.54 Å². The molecule has 0 aliphatic rings. The smallest absolute Gasteiger partial charge is 0.311 e. The summed E-state index contributed by atoms with van der Waals surface area (Å²) in [6.45, 7) is 1.61. The van der Waals surface area contributed by atoms with Crippen LogP contribution < -0.4 is 9.47 Å². The average molecular weight is 357 g/mol. The lowest BCUT2D eigenvalue weighted by atomic mass is 9.92. The average Bonchev–Trinajstić information content (AvgIpc) is 2.63. The highest BCUT2D eigenvalue weighted by Crippen LogP contribution is 2.25. The van der Waals surface area contributed by atoms with Crippen molar-refractivity contribution in [1.29, 1.82) is 0 Å². The number of carboxylic acids is 1. The molecule has 0 saturated heterocycles. The van der Waals surface area contributed by atoms with E-state index in [1.807, 2.05) is 38.4 Å². The Kier molecular flexibility index (Phi) is 7.48. The van der Waals surface area contributed by atoms with E-state index in [9.17, 15) is 9.90 Å². The van der Waals surface area contributed by atoms with Crippen molar-refractivity contribution in [2.75, 3.05) is 34.4 Å². The van der Waals surface area contributed by atoms with Gasteiger partial charge in [0.15, 0.2) is 0 Å². The number of carbonyl (C=O) groups is 1. The number of nitrogens with zero attached hydrogens (tertiary/aromatic N) is 1. The summed E-state index contributed by atoms with van der Waals surface area (Å²) in [5.74, 6) is 0.0449.